The summed E-state index contributed by atoms with van der Waals surface area (Å²) in [6.45, 7) is 6.46. The first-order valence-corrected chi connectivity index (χ1v) is 10.3. The van der Waals surface area contributed by atoms with Crippen molar-refractivity contribution in [1.82, 2.24) is 9.88 Å². The van der Waals surface area contributed by atoms with Crippen LogP contribution in [0.2, 0.25) is 0 Å². The molecule has 0 aliphatic carbocycles. The molecule has 0 saturated heterocycles. The standard InChI is InChI=1S/C25H28N2O3/c1-4-30-25(29)22-17-23(21-13-9-6-10-14-21)27(19(22)3)16-15-24(28)26-18(2)20-11-7-5-8-12-20/h5-14,17-18H,4,15-16H2,1-3H3,(H,26,28)/t18-/m0/s1. The maximum atomic E-state index is 12.6. The van der Waals surface area contributed by atoms with Gasteiger partial charge in [0.2, 0.25) is 5.91 Å². The second kappa shape index (κ2) is 9.92. The summed E-state index contributed by atoms with van der Waals surface area (Å²) in [5.41, 5.74) is 4.30. The highest BCUT2D eigenvalue weighted by molar-refractivity contribution is 5.92. The number of hydrogen-bond acceptors (Lipinski definition) is 3. The molecule has 1 atom stereocenters. The molecule has 1 aromatic heterocycles. The Bertz CT molecular complexity index is 994. The van der Waals surface area contributed by atoms with Crippen LogP contribution >= 0.6 is 0 Å². The summed E-state index contributed by atoms with van der Waals surface area (Å²) < 4.78 is 7.23. The number of amides is 1. The third-order valence-corrected chi connectivity index (χ3v) is 5.17. The fraction of sp³-hybridized carbons (Fsp3) is 0.280. The largest absolute Gasteiger partial charge is 0.462 e. The Morgan fingerprint density at radius 1 is 1.03 bits per heavy atom. The number of carbonyl (C=O) groups is 2. The van der Waals surface area contributed by atoms with E-state index >= 15 is 0 Å². The van der Waals surface area contributed by atoms with Crippen LogP contribution in [0.3, 0.4) is 0 Å². The summed E-state index contributed by atoms with van der Waals surface area (Å²) in [6, 6.07) is 21.5. The van der Waals surface area contributed by atoms with Crippen molar-refractivity contribution >= 4 is 11.9 Å². The zero-order valence-corrected chi connectivity index (χ0v) is 17.7. The highest BCUT2D eigenvalue weighted by Crippen LogP contribution is 2.27. The summed E-state index contributed by atoms with van der Waals surface area (Å²) in [6.07, 6.45) is 0.314. The molecule has 0 aliphatic heterocycles. The quantitative estimate of drug-likeness (QED) is 0.543. The number of carbonyl (C=O) groups excluding carboxylic acids is 2. The molecule has 0 radical (unpaired) electrons. The number of rotatable bonds is 8. The molecule has 1 heterocycles. The Morgan fingerprint density at radius 2 is 1.67 bits per heavy atom. The molecule has 2 aromatic carbocycles. The minimum absolute atomic E-state index is 0.0313. The molecule has 5 heteroatoms. The molecule has 3 rings (SSSR count). The van der Waals surface area contributed by atoms with E-state index in [-0.39, 0.29) is 17.9 Å². The van der Waals surface area contributed by atoms with E-state index in [1.807, 2.05) is 85.1 Å². The molecular formula is C25H28N2O3. The van der Waals surface area contributed by atoms with Crippen LogP contribution < -0.4 is 5.32 Å². The molecule has 3 aromatic rings. The predicted octanol–water partition coefficient (Wildman–Crippen LogP) is 4.91. The van der Waals surface area contributed by atoms with Crippen LogP contribution in [0.25, 0.3) is 11.3 Å². The van der Waals surface area contributed by atoms with Crippen LogP contribution in [0.1, 0.15) is 47.9 Å². The van der Waals surface area contributed by atoms with Crippen LogP contribution in [0.15, 0.2) is 66.7 Å². The predicted molar refractivity (Wildman–Crippen MR) is 118 cm³/mol. The van der Waals surface area contributed by atoms with Gasteiger partial charge in [-0.3, -0.25) is 4.79 Å². The lowest BCUT2D eigenvalue weighted by Gasteiger charge is -2.16. The number of ether oxygens (including phenoxy) is 1. The summed E-state index contributed by atoms with van der Waals surface area (Å²) in [5.74, 6) is -0.371. The molecule has 5 nitrogen and oxygen atoms in total. The Morgan fingerprint density at radius 3 is 2.30 bits per heavy atom. The van der Waals surface area contributed by atoms with Crippen molar-refractivity contribution in [1.29, 1.82) is 0 Å². The van der Waals surface area contributed by atoms with E-state index in [1.165, 1.54) is 0 Å². The average Bonchev–Trinajstić information content (AvgIpc) is 3.10. The maximum Gasteiger partial charge on any atom is 0.339 e. The lowest BCUT2D eigenvalue weighted by molar-refractivity contribution is -0.121. The summed E-state index contributed by atoms with van der Waals surface area (Å²) in [7, 11) is 0. The first-order valence-electron chi connectivity index (χ1n) is 10.3. The highest BCUT2D eigenvalue weighted by atomic mass is 16.5. The van der Waals surface area contributed by atoms with Gasteiger partial charge in [0.05, 0.1) is 18.2 Å². The van der Waals surface area contributed by atoms with Crippen molar-refractivity contribution in [2.45, 2.75) is 39.8 Å². The van der Waals surface area contributed by atoms with Crippen LogP contribution in [0.4, 0.5) is 0 Å². The van der Waals surface area contributed by atoms with Gasteiger partial charge < -0.3 is 14.6 Å². The lowest BCUT2D eigenvalue weighted by Crippen LogP contribution is -2.27. The van der Waals surface area contributed by atoms with Gasteiger partial charge in [0, 0.05) is 24.4 Å². The van der Waals surface area contributed by atoms with E-state index < -0.39 is 0 Å². The molecular weight excluding hydrogens is 376 g/mol. The van der Waals surface area contributed by atoms with Gasteiger partial charge in [-0.15, -0.1) is 0 Å². The van der Waals surface area contributed by atoms with E-state index in [9.17, 15) is 9.59 Å². The third-order valence-electron chi connectivity index (χ3n) is 5.17. The molecule has 0 fully saturated rings. The second-order valence-corrected chi connectivity index (χ2v) is 7.22. The third kappa shape index (κ3) is 4.98. The molecule has 0 unspecified atom stereocenters. The van der Waals surface area contributed by atoms with E-state index in [0.717, 1.165) is 22.5 Å². The zero-order chi connectivity index (χ0) is 21.5. The highest BCUT2D eigenvalue weighted by Gasteiger charge is 2.20. The SMILES string of the molecule is CCOC(=O)c1cc(-c2ccccc2)n(CCC(=O)N[C@@H](C)c2ccccc2)c1C. The minimum Gasteiger partial charge on any atom is -0.462 e. The van der Waals surface area contributed by atoms with Gasteiger partial charge in [0.15, 0.2) is 0 Å². The topological polar surface area (TPSA) is 60.3 Å². The first-order chi connectivity index (χ1) is 14.5. The summed E-state index contributed by atoms with van der Waals surface area (Å²) in [4.78, 5) is 25.0. The maximum absolute atomic E-state index is 12.6. The van der Waals surface area contributed by atoms with E-state index in [0.29, 0.717) is 25.1 Å². The smallest absolute Gasteiger partial charge is 0.339 e. The van der Waals surface area contributed by atoms with Crippen molar-refractivity contribution in [2.24, 2.45) is 0 Å². The van der Waals surface area contributed by atoms with E-state index in [1.54, 1.807) is 6.92 Å². The summed E-state index contributed by atoms with van der Waals surface area (Å²) >= 11 is 0. The molecule has 0 spiro atoms. The number of benzene rings is 2. The van der Waals surface area contributed by atoms with Crippen molar-refractivity contribution in [3.63, 3.8) is 0 Å². The number of hydrogen-bond donors (Lipinski definition) is 1. The van der Waals surface area contributed by atoms with Gasteiger partial charge in [-0.1, -0.05) is 60.7 Å². The monoisotopic (exact) mass is 404 g/mol. The molecule has 0 saturated carbocycles. The van der Waals surface area contributed by atoms with Crippen molar-refractivity contribution in [3.05, 3.63) is 83.6 Å². The normalized spacial score (nSPS) is 11.7. The van der Waals surface area contributed by atoms with Gasteiger partial charge in [0.1, 0.15) is 0 Å². The molecule has 1 N–H and O–H groups in total. The molecule has 30 heavy (non-hydrogen) atoms. The molecule has 0 bridgehead atoms. The van der Waals surface area contributed by atoms with Crippen molar-refractivity contribution in [2.75, 3.05) is 6.61 Å². The Labute approximate surface area is 177 Å². The first kappa shape index (κ1) is 21.4. The lowest BCUT2D eigenvalue weighted by atomic mass is 10.1. The van der Waals surface area contributed by atoms with Gasteiger partial charge in [-0.25, -0.2) is 4.79 Å². The minimum atomic E-state index is -0.340. The molecule has 0 aliphatic rings. The fourth-order valence-corrected chi connectivity index (χ4v) is 3.55. The Hall–Kier alpha value is -3.34. The van der Waals surface area contributed by atoms with Gasteiger partial charge in [0.25, 0.3) is 0 Å². The van der Waals surface area contributed by atoms with Gasteiger partial charge >= 0.3 is 5.97 Å². The Balaban J connectivity index is 1.78. The van der Waals surface area contributed by atoms with Crippen LogP contribution in [-0.2, 0) is 16.1 Å². The van der Waals surface area contributed by atoms with Gasteiger partial charge in [-0.2, -0.15) is 0 Å². The van der Waals surface area contributed by atoms with Gasteiger partial charge in [-0.05, 0) is 38.0 Å². The number of esters is 1. The molecule has 1 amide bonds. The zero-order valence-electron chi connectivity index (χ0n) is 17.7. The van der Waals surface area contributed by atoms with E-state index in [4.69, 9.17) is 4.74 Å². The second-order valence-electron chi connectivity index (χ2n) is 7.22. The Kier molecular flexibility index (Phi) is 7.07. The number of nitrogens with zero attached hydrogens (tertiary/aromatic N) is 1. The van der Waals surface area contributed by atoms with Crippen LogP contribution in [0.5, 0.6) is 0 Å². The number of nitrogens with one attached hydrogen (secondary N) is 1. The van der Waals surface area contributed by atoms with Crippen LogP contribution in [-0.4, -0.2) is 23.1 Å². The molecule has 156 valence electrons. The fourth-order valence-electron chi connectivity index (χ4n) is 3.55. The number of aromatic nitrogens is 1. The average molecular weight is 405 g/mol. The van der Waals surface area contributed by atoms with E-state index in [2.05, 4.69) is 5.32 Å². The van der Waals surface area contributed by atoms with Crippen molar-refractivity contribution in [3.8, 4) is 11.3 Å². The summed E-state index contributed by atoms with van der Waals surface area (Å²) in [5, 5.41) is 3.05. The van der Waals surface area contributed by atoms with Crippen molar-refractivity contribution < 1.29 is 14.3 Å². The van der Waals surface area contributed by atoms with Crippen LogP contribution in [0, 0.1) is 6.92 Å².